The molecule has 0 saturated heterocycles. The summed E-state index contributed by atoms with van der Waals surface area (Å²) in [6.07, 6.45) is 1.24. The van der Waals surface area contributed by atoms with Gasteiger partial charge in [-0.05, 0) is 36.6 Å². The smallest absolute Gasteiger partial charge is 0.264 e. The largest absolute Gasteiger partial charge is 0.497 e. The van der Waals surface area contributed by atoms with E-state index in [2.05, 4.69) is 0 Å². The molecule has 0 N–H and O–H groups in total. The molecular formula is C16H14F3NO3S. The first-order valence-electron chi connectivity index (χ1n) is 7.19. The fourth-order valence-electron chi connectivity index (χ4n) is 2.71. The van der Waals surface area contributed by atoms with E-state index in [9.17, 15) is 21.6 Å². The molecule has 0 aromatic heterocycles. The van der Waals surface area contributed by atoms with Crippen molar-refractivity contribution in [2.24, 2.45) is 0 Å². The SMILES string of the molecule is COc1ccc2c(c1)N(S(=O)(=O)c1cc(F)c(F)c(F)c1)CCC2. The molecule has 0 aliphatic carbocycles. The highest BCUT2D eigenvalue weighted by Crippen LogP contribution is 2.35. The molecule has 1 aliphatic heterocycles. The summed E-state index contributed by atoms with van der Waals surface area (Å²) < 4.78 is 71.7. The summed E-state index contributed by atoms with van der Waals surface area (Å²) in [7, 11) is -2.78. The molecule has 128 valence electrons. The van der Waals surface area contributed by atoms with Crippen LogP contribution in [0.1, 0.15) is 12.0 Å². The van der Waals surface area contributed by atoms with Gasteiger partial charge in [-0.3, -0.25) is 4.31 Å². The van der Waals surface area contributed by atoms with Gasteiger partial charge in [0.25, 0.3) is 10.0 Å². The number of sulfonamides is 1. The lowest BCUT2D eigenvalue weighted by Crippen LogP contribution is -2.35. The van der Waals surface area contributed by atoms with Crippen LogP contribution < -0.4 is 9.04 Å². The molecule has 0 fully saturated rings. The summed E-state index contributed by atoms with van der Waals surface area (Å²) in [5, 5.41) is 0. The second-order valence-electron chi connectivity index (χ2n) is 5.38. The number of benzene rings is 2. The maximum absolute atomic E-state index is 13.4. The van der Waals surface area contributed by atoms with Gasteiger partial charge in [0.2, 0.25) is 0 Å². The van der Waals surface area contributed by atoms with E-state index in [1.54, 1.807) is 18.2 Å². The Morgan fingerprint density at radius 3 is 2.38 bits per heavy atom. The first-order chi connectivity index (χ1) is 11.3. The number of hydrogen-bond acceptors (Lipinski definition) is 3. The van der Waals surface area contributed by atoms with Crippen molar-refractivity contribution in [3.05, 3.63) is 53.3 Å². The molecule has 0 radical (unpaired) electrons. The lowest BCUT2D eigenvalue weighted by Gasteiger charge is -2.30. The maximum Gasteiger partial charge on any atom is 0.264 e. The molecule has 1 heterocycles. The molecule has 24 heavy (non-hydrogen) atoms. The van der Waals surface area contributed by atoms with Gasteiger partial charge >= 0.3 is 0 Å². The minimum atomic E-state index is -4.23. The van der Waals surface area contributed by atoms with Crippen LogP contribution in [0.2, 0.25) is 0 Å². The Bertz CT molecular complexity index is 876. The molecule has 4 nitrogen and oxygen atoms in total. The topological polar surface area (TPSA) is 46.6 Å². The third-order valence-corrected chi connectivity index (χ3v) is 5.70. The van der Waals surface area contributed by atoms with Crippen LogP contribution in [-0.2, 0) is 16.4 Å². The van der Waals surface area contributed by atoms with Crippen LogP contribution in [0.25, 0.3) is 0 Å². The molecule has 2 aromatic carbocycles. The van der Waals surface area contributed by atoms with Crippen LogP contribution in [0.15, 0.2) is 35.2 Å². The summed E-state index contributed by atoms with van der Waals surface area (Å²) in [5.74, 6) is -4.32. The first-order valence-corrected chi connectivity index (χ1v) is 8.63. The average molecular weight is 357 g/mol. The van der Waals surface area contributed by atoms with Gasteiger partial charge in [0, 0.05) is 12.6 Å². The number of aryl methyl sites for hydroxylation is 1. The van der Waals surface area contributed by atoms with Crippen molar-refractivity contribution in [3.63, 3.8) is 0 Å². The van der Waals surface area contributed by atoms with Crippen molar-refractivity contribution in [1.29, 1.82) is 0 Å². The van der Waals surface area contributed by atoms with E-state index in [0.717, 1.165) is 9.87 Å². The van der Waals surface area contributed by atoms with E-state index < -0.39 is 32.4 Å². The molecule has 1 aliphatic rings. The van der Waals surface area contributed by atoms with Crippen LogP contribution in [-0.4, -0.2) is 22.1 Å². The quantitative estimate of drug-likeness (QED) is 0.792. The van der Waals surface area contributed by atoms with E-state index in [4.69, 9.17) is 4.74 Å². The Morgan fingerprint density at radius 1 is 1.08 bits per heavy atom. The number of halogens is 3. The Kier molecular flexibility index (Phi) is 4.16. The molecule has 0 bridgehead atoms. The molecule has 2 aromatic rings. The Hall–Kier alpha value is -2.22. The van der Waals surface area contributed by atoms with Crippen molar-refractivity contribution >= 4 is 15.7 Å². The highest BCUT2D eigenvalue weighted by Gasteiger charge is 2.31. The van der Waals surface area contributed by atoms with Crippen LogP contribution in [0.5, 0.6) is 5.75 Å². The molecular weight excluding hydrogens is 343 g/mol. The fraction of sp³-hybridized carbons (Fsp3) is 0.250. The number of hydrogen-bond donors (Lipinski definition) is 0. The van der Waals surface area contributed by atoms with Gasteiger partial charge in [-0.1, -0.05) is 6.07 Å². The third kappa shape index (κ3) is 2.71. The van der Waals surface area contributed by atoms with Gasteiger partial charge in [0.05, 0.1) is 17.7 Å². The molecule has 0 unspecified atom stereocenters. The number of methoxy groups -OCH3 is 1. The number of ether oxygens (including phenoxy) is 1. The second-order valence-corrected chi connectivity index (χ2v) is 7.24. The normalized spacial score (nSPS) is 14.4. The molecule has 0 atom stereocenters. The van der Waals surface area contributed by atoms with Gasteiger partial charge in [-0.2, -0.15) is 0 Å². The van der Waals surface area contributed by atoms with Gasteiger partial charge < -0.3 is 4.74 Å². The lowest BCUT2D eigenvalue weighted by atomic mass is 10.0. The summed E-state index contributed by atoms with van der Waals surface area (Å²) in [5.41, 5.74) is 1.18. The second kappa shape index (κ2) is 6.01. The molecule has 0 spiro atoms. The van der Waals surface area contributed by atoms with Crippen LogP contribution in [0.4, 0.5) is 18.9 Å². The summed E-state index contributed by atoms with van der Waals surface area (Å²) in [4.78, 5) is -0.630. The van der Waals surface area contributed by atoms with E-state index in [-0.39, 0.29) is 6.54 Å². The van der Waals surface area contributed by atoms with Gasteiger partial charge in [-0.15, -0.1) is 0 Å². The monoisotopic (exact) mass is 357 g/mol. The lowest BCUT2D eigenvalue weighted by molar-refractivity contribution is 0.414. The fourth-order valence-corrected chi connectivity index (χ4v) is 4.26. The maximum atomic E-state index is 13.4. The van der Waals surface area contributed by atoms with E-state index in [1.807, 2.05) is 0 Å². The van der Waals surface area contributed by atoms with Crippen LogP contribution in [0.3, 0.4) is 0 Å². The molecule has 0 saturated carbocycles. The first kappa shape index (κ1) is 16.6. The summed E-state index contributed by atoms with van der Waals surface area (Å²) in [6.45, 7) is 0.156. The van der Waals surface area contributed by atoms with Crippen molar-refractivity contribution in [2.45, 2.75) is 17.7 Å². The summed E-state index contributed by atoms with van der Waals surface area (Å²) >= 11 is 0. The predicted octanol–water partition coefficient (Wildman–Crippen LogP) is 3.25. The third-order valence-electron chi connectivity index (χ3n) is 3.91. The van der Waals surface area contributed by atoms with Gasteiger partial charge in [0.1, 0.15) is 5.75 Å². The zero-order chi connectivity index (χ0) is 17.5. The van der Waals surface area contributed by atoms with Crippen molar-refractivity contribution in [1.82, 2.24) is 0 Å². The number of nitrogens with zero attached hydrogens (tertiary/aromatic N) is 1. The zero-order valence-corrected chi connectivity index (χ0v) is 13.5. The van der Waals surface area contributed by atoms with E-state index in [1.165, 1.54) is 7.11 Å². The summed E-state index contributed by atoms with van der Waals surface area (Å²) in [6, 6.07) is 6.00. The van der Waals surface area contributed by atoms with Crippen molar-refractivity contribution < 1.29 is 26.3 Å². The van der Waals surface area contributed by atoms with E-state index in [0.29, 0.717) is 36.4 Å². The highest BCUT2D eigenvalue weighted by molar-refractivity contribution is 7.92. The molecule has 8 heteroatoms. The van der Waals surface area contributed by atoms with Gasteiger partial charge in [-0.25, -0.2) is 21.6 Å². The zero-order valence-electron chi connectivity index (χ0n) is 12.7. The van der Waals surface area contributed by atoms with Crippen molar-refractivity contribution in [3.8, 4) is 5.75 Å². The number of anilines is 1. The minimum absolute atomic E-state index is 0.156. The average Bonchev–Trinajstić information content (AvgIpc) is 2.58. The Labute approximate surface area is 137 Å². The predicted molar refractivity (Wildman–Crippen MR) is 82.2 cm³/mol. The van der Waals surface area contributed by atoms with E-state index >= 15 is 0 Å². The molecule has 0 amide bonds. The Morgan fingerprint density at radius 2 is 1.75 bits per heavy atom. The van der Waals surface area contributed by atoms with Gasteiger partial charge in [0.15, 0.2) is 17.5 Å². The van der Waals surface area contributed by atoms with Crippen LogP contribution in [0, 0.1) is 17.5 Å². The Balaban J connectivity index is 2.13. The number of rotatable bonds is 3. The minimum Gasteiger partial charge on any atom is -0.497 e. The number of fused-ring (bicyclic) bond motifs is 1. The highest BCUT2D eigenvalue weighted by atomic mass is 32.2. The van der Waals surface area contributed by atoms with Crippen LogP contribution >= 0.6 is 0 Å². The van der Waals surface area contributed by atoms with Crippen molar-refractivity contribution in [2.75, 3.05) is 18.0 Å². The molecule has 3 rings (SSSR count). The standard InChI is InChI=1S/C16H14F3NO3S/c1-23-11-5-4-10-3-2-6-20(15(10)7-11)24(21,22)12-8-13(17)16(19)14(18)9-12/h4-5,7-9H,2-3,6H2,1H3.